The van der Waals surface area contributed by atoms with Crippen LogP contribution in [0.25, 0.3) is 10.9 Å². The SMILES string of the molecule is Cc1ccc(CCN(C(=O)c2cc3ccccc3[nH]c2=O)c2cccc(C(F)(F)F)c2)cc1. The minimum Gasteiger partial charge on any atom is -0.321 e. The molecule has 0 aliphatic carbocycles. The summed E-state index contributed by atoms with van der Waals surface area (Å²) >= 11 is 0. The number of nitrogens with zero attached hydrogens (tertiary/aromatic N) is 1. The number of pyridine rings is 1. The monoisotopic (exact) mass is 450 g/mol. The van der Waals surface area contributed by atoms with Crippen molar-refractivity contribution in [2.75, 3.05) is 11.4 Å². The number of carbonyl (C=O) groups is 1. The minimum absolute atomic E-state index is 0.0782. The lowest BCUT2D eigenvalue weighted by Crippen LogP contribution is -2.36. The van der Waals surface area contributed by atoms with Crippen LogP contribution in [0.1, 0.15) is 27.0 Å². The zero-order valence-corrected chi connectivity index (χ0v) is 17.8. The van der Waals surface area contributed by atoms with E-state index in [1.165, 1.54) is 23.1 Å². The number of aromatic nitrogens is 1. The van der Waals surface area contributed by atoms with Crippen molar-refractivity contribution in [3.05, 3.63) is 111 Å². The molecule has 4 aromatic rings. The molecule has 1 heterocycles. The van der Waals surface area contributed by atoms with Crippen molar-refractivity contribution in [3.8, 4) is 0 Å². The Bertz CT molecular complexity index is 1360. The number of anilines is 1. The molecule has 1 N–H and O–H groups in total. The van der Waals surface area contributed by atoms with Gasteiger partial charge in [-0.25, -0.2) is 0 Å². The second-order valence-corrected chi connectivity index (χ2v) is 7.84. The lowest BCUT2D eigenvalue weighted by Gasteiger charge is -2.24. The van der Waals surface area contributed by atoms with E-state index in [-0.39, 0.29) is 17.8 Å². The van der Waals surface area contributed by atoms with Gasteiger partial charge in [-0.05, 0) is 54.6 Å². The molecule has 7 heteroatoms. The van der Waals surface area contributed by atoms with E-state index in [0.717, 1.165) is 23.3 Å². The second-order valence-electron chi connectivity index (χ2n) is 7.84. The summed E-state index contributed by atoms with van der Waals surface area (Å²) in [6.07, 6.45) is -4.14. The summed E-state index contributed by atoms with van der Waals surface area (Å²) < 4.78 is 40.0. The molecule has 4 nitrogen and oxygen atoms in total. The fourth-order valence-electron chi connectivity index (χ4n) is 3.65. The molecule has 0 spiro atoms. The number of para-hydroxylation sites is 1. The lowest BCUT2D eigenvalue weighted by atomic mass is 10.1. The molecule has 0 aliphatic rings. The summed E-state index contributed by atoms with van der Waals surface area (Å²) in [5.74, 6) is -0.659. The molecular formula is C26H21F3N2O2. The maximum Gasteiger partial charge on any atom is 0.416 e. The van der Waals surface area contributed by atoms with E-state index in [2.05, 4.69) is 4.98 Å². The van der Waals surface area contributed by atoms with Crippen molar-refractivity contribution in [2.24, 2.45) is 0 Å². The normalized spacial score (nSPS) is 11.5. The molecule has 168 valence electrons. The molecule has 4 rings (SSSR count). The number of hydrogen-bond acceptors (Lipinski definition) is 2. The van der Waals surface area contributed by atoms with Crippen LogP contribution in [0.2, 0.25) is 0 Å². The summed E-state index contributed by atoms with van der Waals surface area (Å²) in [6, 6.07) is 20.7. The van der Waals surface area contributed by atoms with Crippen LogP contribution in [0.5, 0.6) is 0 Å². The maximum absolute atomic E-state index is 13.5. The molecule has 0 saturated heterocycles. The number of amides is 1. The average molecular weight is 450 g/mol. The van der Waals surface area contributed by atoms with Gasteiger partial charge in [0.1, 0.15) is 5.56 Å². The Morgan fingerprint density at radius 2 is 1.67 bits per heavy atom. The first kappa shape index (κ1) is 22.3. The van der Waals surface area contributed by atoms with E-state index in [4.69, 9.17) is 0 Å². The number of aryl methyl sites for hydroxylation is 1. The Balaban J connectivity index is 1.75. The van der Waals surface area contributed by atoms with Crippen molar-refractivity contribution in [3.63, 3.8) is 0 Å². The van der Waals surface area contributed by atoms with Crippen LogP contribution >= 0.6 is 0 Å². The van der Waals surface area contributed by atoms with Gasteiger partial charge in [-0.1, -0.05) is 54.1 Å². The number of carbonyl (C=O) groups excluding carboxylic acids is 1. The van der Waals surface area contributed by atoms with Gasteiger partial charge in [-0.2, -0.15) is 13.2 Å². The van der Waals surface area contributed by atoms with Crippen LogP contribution in [0.4, 0.5) is 18.9 Å². The first-order chi connectivity index (χ1) is 15.7. The fraction of sp³-hybridized carbons (Fsp3) is 0.154. The zero-order valence-electron chi connectivity index (χ0n) is 17.8. The Hall–Kier alpha value is -3.87. The van der Waals surface area contributed by atoms with Crippen LogP contribution in [0.15, 0.2) is 83.7 Å². The van der Waals surface area contributed by atoms with E-state index in [1.807, 2.05) is 31.2 Å². The summed E-state index contributed by atoms with van der Waals surface area (Å²) in [6.45, 7) is 2.06. The highest BCUT2D eigenvalue weighted by atomic mass is 19.4. The van der Waals surface area contributed by atoms with E-state index in [0.29, 0.717) is 17.3 Å². The number of benzene rings is 3. The van der Waals surface area contributed by atoms with Gasteiger partial charge in [0.15, 0.2) is 0 Å². The van der Waals surface area contributed by atoms with Gasteiger partial charge < -0.3 is 9.88 Å². The first-order valence-electron chi connectivity index (χ1n) is 10.4. The molecule has 1 aromatic heterocycles. The van der Waals surface area contributed by atoms with E-state index < -0.39 is 23.2 Å². The highest BCUT2D eigenvalue weighted by Crippen LogP contribution is 2.32. The summed E-state index contributed by atoms with van der Waals surface area (Å²) in [5, 5.41) is 0.656. The predicted molar refractivity (Wildman–Crippen MR) is 123 cm³/mol. The zero-order chi connectivity index (χ0) is 23.6. The van der Waals surface area contributed by atoms with Crippen LogP contribution in [0, 0.1) is 6.92 Å². The molecule has 0 unspecified atom stereocenters. The number of fused-ring (bicyclic) bond motifs is 1. The molecule has 0 fully saturated rings. The van der Waals surface area contributed by atoms with Gasteiger partial charge in [0.25, 0.3) is 11.5 Å². The fourth-order valence-corrected chi connectivity index (χ4v) is 3.65. The molecule has 0 saturated carbocycles. The number of hydrogen-bond donors (Lipinski definition) is 1. The highest BCUT2D eigenvalue weighted by Gasteiger charge is 2.31. The second kappa shape index (κ2) is 8.94. The summed E-state index contributed by atoms with van der Waals surface area (Å²) in [4.78, 5) is 30.0. The van der Waals surface area contributed by atoms with Gasteiger partial charge in [0, 0.05) is 17.7 Å². The maximum atomic E-state index is 13.5. The predicted octanol–water partition coefficient (Wildman–Crippen LogP) is 5.74. The molecular weight excluding hydrogens is 429 g/mol. The Labute approximate surface area is 188 Å². The molecule has 33 heavy (non-hydrogen) atoms. The molecule has 0 atom stereocenters. The standard InChI is InChI=1S/C26H21F3N2O2/c1-17-9-11-18(12-10-17)13-14-31(21-7-4-6-20(16-21)26(27,28)29)25(33)22-15-19-5-2-3-8-23(19)30-24(22)32/h2-12,15-16H,13-14H2,1H3,(H,30,32). The van der Waals surface area contributed by atoms with E-state index >= 15 is 0 Å². The van der Waals surface area contributed by atoms with Crippen LogP contribution in [-0.2, 0) is 12.6 Å². The summed E-state index contributed by atoms with van der Waals surface area (Å²) in [5.41, 5.74) is 1.07. The van der Waals surface area contributed by atoms with E-state index in [9.17, 15) is 22.8 Å². The van der Waals surface area contributed by atoms with Crippen LogP contribution in [-0.4, -0.2) is 17.4 Å². The van der Waals surface area contributed by atoms with Gasteiger partial charge >= 0.3 is 6.18 Å². The van der Waals surface area contributed by atoms with Crippen molar-refractivity contribution >= 4 is 22.5 Å². The van der Waals surface area contributed by atoms with Crippen molar-refractivity contribution < 1.29 is 18.0 Å². The molecule has 3 aromatic carbocycles. The quantitative estimate of drug-likeness (QED) is 0.421. The largest absolute Gasteiger partial charge is 0.416 e. The van der Waals surface area contributed by atoms with Gasteiger partial charge in [-0.3, -0.25) is 9.59 Å². The Morgan fingerprint density at radius 3 is 2.39 bits per heavy atom. The third-order valence-corrected chi connectivity index (χ3v) is 5.46. The summed E-state index contributed by atoms with van der Waals surface area (Å²) in [7, 11) is 0. The lowest BCUT2D eigenvalue weighted by molar-refractivity contribution is -0.137. The smallest absolute Gasteiger partial charge is 0.321 e. The molecule has 0 radical (unpaired) electrons. The number of aromatic amines is 1. The number of H-pyrrole nitrogens is 1. The highest BCUT2D eigenvalue weighted by molar-refractivity contribution is 6.07. The minimum atomic E-state index is -4.55. The molecule has 1 amide bonds. The molecule has 0 bridgehead atoms. The Morgan fingerprint density at radius 1 is 0.939 bits per heavy atom. The van der Waals surface area contributed by atoms with Crippen molar-refractivity contribution in [1.29, 1.82) is 0 Å². The topological polar surface area (TPSA) is 53.2 Å². The van der Waals surface area contributed by atoms with Crippen LogP contribution < -0.4 is 10.5 Å². The first-order valence-corrected chi connectivity index (χ1v) is 10.4. The number of rotatable bonds is 5. The number of nitrogens with one attached hydrogen (secondary N) is 1. The van der Waals surface area contributed by atoms with Gasteiger partial charge in [0.05, 0.1) is 5.56 Å². The third-order valence-electron chi connectivity index (χ3n) is 5.46. The van der Waals surface area contributed by atoms with Crippen molar-refractivity contribution in [2.45, 2.75) is 19.5 Å². The average Bonchev–Trinajstić information content (AvgIpc) is 2.79. The van der Waals surface area contributed by atoms with E-state index in [1.54, 1.807) is 24.3 Å². The van der Waals surface area contributed by atoms with Gasteiger partial charge in [-0.15, -0.1) is 0 Å². The Kier molecular flexibility index (Phi) is 6.05. The number of halogens is 3. The van der Waals surface area contributed by atoms with Gasteiger partial charge in [0.2, 0.25) is 0 Å². The number of alkyl halides is 3. The molecule has 0 aliphatic heterocycles. The van der Waals surface area contributed by atoms with Crippen molar-refractivity contribution in [1.82, 2.24) is 4.98 Å². The third kappa shape index (κ3) is 4.98. The van der Waals surface area contributed by atoms with Crippen LogP contribution in [0.3, 0.4) is 0 Å².